The molecule has 1 aliphatic heterocycles. The second-order valence-corrected chi connectivity index (χ2v) is 4.46. The number of nitrogens with one attached hydrogen (secondary N) is 2. The van der Waals surface area contributed by atoms with Crippen LogP contribution in [-0.4, -0.2) is 23.7 Å². The fourth-order valence-electron chi connectivity index (χ4n) is 1.94. The van der Waals surface area contributed by atoms with Crippen LogP contribution in [0.2, 0.25) is 0 Å². The Hall–Kier alpha value is -1.36. The van der Waals surface area contributed by atoms with E-state index in [-0.39, 0.29) is 11.9 Å². The van der Waals surface area contributed by atoms with Gasteiger partial charge in [-0.25, -0.2) is 0 Å². The third-order valence-corrected chi connectivity index (χ3v) is 2.86. The van der Waals surface area contributed by atoms with Crippen LogP contribution in [0.25, 0.3) is 0 Å². The molecule has 2 unspecified atom stereocenters. The van der Waals surface area contributed by atoms with Gasteiger partial charge in [0.2, 0.25) is 11.8 Å². The Morgan fingerprint density at radius 1 is 1.69 bits per heavy atom. The highest BCUT2D eigenvalue weighted by molar-refractivity contribution is 5.93. The van der Waals surface area contributed by atoms with Crippen molar-refractivity contribution in [2.45, 2.75) is 32.7 Å². The smallest absolute Gasteiger partial charge is 0.243 e. The van der Waals surface area contributed by atoms with E-state index in [9.17, 15) is 4.79 Å². The molecule has 2 atom stereocenters. The molecule has 1 saturated heterocycles. The summed E-state index contributed by atoms with van der Waals surface area (Å²) < 4.78 is 4.94. The van der Waals surface area contributed by atoms with E-state index < -0.39 is 0 Å². The third-order valence-electron chi connectivity index (χ3n) is 2.86. The topological polar surface area (TPSA) is 67.2 Å². The Labute approximate surface area is 94.6 Å². The van der Waals surface area contributed by atoms with Gasteiger partial charge in [0.05, 0.1) is 11.7 Å². The highest BCUT2D eigenvalue weighted by Gasteiger charge is 2.25. The Balaban J connectivity index is 1.92. The molecule has 16 heavy (non-hydrogen) atoms. The van der Waals surface area contributed by atoms with Gasteiger partial charge in [0.25, 0.3) is 0 Å². The largest absolute Gasteiger partial charge is 0.338 e. The first-order valence-corrected chi connectivity index (χ1v) is 5.62. The molecule has 5 nitrogen and oxygen atoms in total. The Kier molecular flexibility index (Phi) is 3.24. The van der Waals surface area contributed by atoms with Crippen LogP contribution in [-0.2, 0) is 4.79 Å². The van der Waals surface area contributed by atoms with E-state index in [1.165, 1.54) is 0 Å². The minimum Gasteiger partial charge on any atom is -0.338 e. The van der Waals surface area contributed by atoms with Crippen molar-refractivity contribution in [3.63, 3.8) is 0 Å². The van der Waals surface area contributed by atoms with Crippen molar-refractivity contribution in [2.24, 2.45) is 5.92 Å². The van der Waals surface area contributed by atoms with Crippen LogP contribution in [0.1, 0.15) is 25.5 Å². The van der Waals surface area contributed by atoms with Crippen LogP contribution < -0.4 is 10.6 Å². The number of carbonyl (C=O) groups is 1. The maximum absolute atomic E-state index is 11.9. The van der Waals surface area contributed by atoms with E-state index >= 15 is 0 Å². The van der Waals surface area contributed by atoms with Crippen LogP contribution in [0.5, 0.6) is 0 Å². The number of nitrogens with zero attached hydrogens (tertiary/aromatic N) is 1. The zero-order chi connectivity index (χ0) is 11.5. The van der Waals surface area contributed by atoms with E-state index in [0.29, 0.717) is 11.8 Å². The van der Waals surface area contributed by atoms with Gasteiger partial charge in [0.1, 0.15) is 0 Å². The third kappa shape index (κ3) is 2.61. The first-order chi connectivity index (χ1) is 7.65. The van der Waals surface area contributed by atoms with E-state index in [1.807, 2.05) is 6.92 Å². The lowest BCUT2D eigenvalue weighted by atomic mass is 9.94. The van der Waals surface area contributed by atoms with Crippen LogP contribution in [0.15, 0.2) is 10.6 Å². The predicted octanol–water partition coefficient (Wildman–Crippen LogP) is 1.31. The van der Waals surface area contributed by atoms with Gasteiger partial charge in [-0.1, -0.05) is 12.1 Å². The zero-order valence-electron chi connectivity index (χ0n) is 9.62. The molecule has 0 spiro atoms. The lowest BCUT2D eigenvalue weighted by Crippen LogP contribution is -2.45. The number of carbonyl (C=O) groups excluding carboxylic acids is 1. The van der Waals surface area contributed by atoms with Crippen molar-refractivity contribution in [3.05, 3.63) is 11.8 Å². The number of rotatable bonds is 2. The molecule has 2 rings (SSSR count). The minimum atomic E-state index is -0.117. The Bertz CT molecular complexity index is 375. The summed E-state index contributed by atoms with van der Waals surface area (Å²) in [5.74, 6) is 0.971. The quantitative estimate of drug-likeness (QED) is 0.793. The van der Waals surface area contributed by atoms with Crippen molar-refractivity contribution in [2.75, 3.05) is 11.9 Å². The van der Waals surface area contributed by atoms with Gasteiger partial charge in [-0.2, -0.15) is 0 Å². The summed E-state index contributed by atoms with van der Waals surface area (Å²) in [6, 6.07) is 1.60. The van der Waals surface area contributed by atoms with Gasteiger partial charge in [-0.15, -0.1) is 0 Å². The molecule has 0 saturated carbocycles. The van der Waals surface area contributed by atoms with Gasteiger partial charge < -0.3 is 9.84 Å². The average Bonchev–Trinajstić information content (AvgIpc) is 2.64. The van der Waals surface area contributed by atoms with E-state index in [2.05, 4.69) is 22.7 Å². The summed E-state index contributed by atoms with van der Waals surface area (Å²) in [6.07, 6.45) is 2.00. The van der Waals surface area contributed by atoms with Gasteiger partial charge >= 0.3 is 0 Å². The predicted molar refractivity (Wildman–Crippen MR) is 60.1 cm³/mol. The molecule has 1 aromatic heterocycles. The molecule has 1 amide bonds. The summed E-state index contributed by atoms with van der Waals surface area (Å²) in [5, 5.41) is 9.64. The fourth-order valence-corrected chi connectivity index (χ4v) is 1.94. The first kappa shape index (κ1) is 11.1. The van der Waals surface area contributed by atoms with E-state index in [1.54, 1.807) is 6.07 Å². The average molecular weight is 223 g/mol. The number of piperidine rings is 1. The molecule has 5 heteroatoms. The highest BCUT2D eigenvalue weighted by atomic mass is 16.5. The van der Waals surface area contributed by atoms with E-state index in [4.69, 9.17) is 4.52 Å². The first-order valence-electron chi connectivity index (χ1n) is 5.62. The molecule has 0 aromatic carbocycles. The number of hydrogen-bond donors (Lipinski definition) is 2. The van der Waals surface area contributed by atoms with Gasteiger partial charge in [0, 0.05) is 6.07 Å². The monoisotopic (exact) mass is 223 g/mol. The lowest BCUT2D eigenvalue weighted by molar-refractivity contribution is -0.119. The summed E-state index contributed by atoms with van der Waals surface area (Å²) >= 11 is 0. The maximum atomic E-state index is 11.9. The van der Waals surface area contributed by atoms with Crippen molar-refractivity contribution in [1.82, 2.24) is 10.5 Å². The summed E-state index contributed by atoms with van der Waals surface area (Å²) in [7, 11) is 0. The number of hydrogen-bond acceptors (Lipinski definition) is 4. The van der Waals surface area contributed by atoms with Crippen molar-refractivity contribution < 1.29 is 9.32 Å². The molecule has 2 heterocycles. The number of amides is 1. The highest BCUT2D eigenvalue weighted by Crippen LogP contribution is 2.17. The van der Waals surface area contributed by atoms with Gasteiger partial charge in [-0.05, 0) is 32.2 Å². The molecule has 1 fully saturated rings. The SMILES string of the molecule is Cc1cc(NC(=O)C2CC(C)CCN2)on1. The fraction of sp³-hybridized carbons (Fsp3) is 0.636. The lowest BCUT2D eigenvalue weighted by Gasteiger charge is -2.26. The van der Waals surface area contributed by atoms with Crippen molar-refractivity contribution >= 4 is 11.8 Å². The van der Waals surface area contributed by atoms with Crippen molar-refractivity contribution in [1.29, 1.82) is 0 Å². The number of aryl methyl sites for hydroxylation is 1. The standard InChI is InChI=1S/C11H17N3O2/c1-7-3-4-12-9(5-7)11(15)13-10-6-8(2)14-16-10/h6-7,9,12H,3-5H2,1-2H3,(H,13,15). The Morgan fingerprint density at radius 2 is 2.50 bits per heavy atom. The van der Waals surface area contributed by atoms with Gasteiger partial charge in [0.15, 0.2) is 0 Å². The number of anilines is 1. The van der Waals surface area contributed by atoms with Crippen LogP contribution in [0.3, 0.4) is 0 Å². The molecule has 1 aromatic rings. The summed E-state index contributed by atoms with van der Waals surface area (Å²) in [5.41, 5.74) is 0.764. The second-order valence-electron chi connectivity index (χ2n) is 4.46. The van der Waals surface area contributed by atoms with Gasteiger partial charge in [-0.3, -0.25) is 10.1 Å². The summed E-state index contributed by atoms with van der Waals surface area (Å²) in [4.78, 5) is 11.9. The maximum Gasteiger partial charge on any atom is 0.243 e. The van der Waals surface area contributed by atoms with Crippen molar-refractivity contribution in [3.8, 4) is 0 Å². The molecule has 88 valence electrons. The second kappa shape index (κ2) is 4.65. The van der Waals surface area contributed by atoms with E-state index in [0.717, 1.165) is 25.1 Å². The van der Waals surface area contributed by atoms with Crippen LogP contribution in [0.4, 0.5) is 5.88 Å². The molecule has 0 aliphatic carbocycles. The molecule has 2 N–H and O–H groups in total. The minimum absolute atomic E-state index is 0.0392. The molecule has 0 radical (unpaired) electrons. The van der Waals surface area contributed by atoms with Crippen LogP contribution in [0, 0.1) is 12.8 Å². The normalized spacial score (nSPS) is 25.4. The molecule has 1 aliphatic rings. The molecular weight excluding hydrogens is 206 g/mol. The number of aromatic nitrogens is 1. The van der Waals surface area contributed by atoms with Crippen LogP contribution >= 0.6 is 0 Å². The summed E-state index contributed by atoms with van der Waals surface area (Å²) in [6.45, 7) is 4.88. The molecular formula is C11H17N3O2. The molecule has 0 bridgehead atoms. The zero-order valence-corrected chi connectivity index (χ0v) is 9.62. The Morgan fingerprint density at radius 3 is 3.12 bits per heavy atom.